The van der Waals surface area contributed by atoms with Crippen LogP contribution in [-0.4, -0.2) is 40.4 Å². The van der Waals surface area contributed by atoms with Crippen molar-refractivity contribution in [2.24, 2.45) is 7.05 Å². The van der Waals surface area contributed by atoms with Crippen molar-refractivity contribution in [1.29, 1.82) is 0 Å². The van der Waals surface area contributed by atoms with Crippen molar-refractivity contribution in [3.8, 4) is 5.75 Å². The van der Waals surface area contributed by atoms with Gasteiger partial charge in [-0.1, -0.05) is 6.92 Å². The Hall–Kier alpha value is -3.30. The maximum absolute atomic E-state index is 12.0. The molecule has 0 aliphatic carbocycles. The second kappa shape index (κ2) is 8.70. The van der Waals surface area contributed by atoms with Crippen molar-refractivity contribution in [1.82, 2.24) is 20.1 Å². The number of hydrogen-bond acceptors (Lipinski definition) is 5. The van der Waals surface area contributed by atoms with Crippen LogP contribution in [0, 0.1) is 0 Å². The molecule has 0 radical (unpaired) electrons. The van der Waals surface area contributed by atoms with Crippen molar-refractivity contribution in [2.75, 3.05) is 24.3 Å². The Balaban J connectivity index is 1.93. The molecule has 2 aromatic rings. The van der Waals surface area contributed by atoms with E-state index in [1.54, 1.807) is 32.2 Å². The van der Waals surface area contributed by atoms with E-state index in [1.165, 1.54) is 11.7 Å². The highest BCUT2D eigenvalue weighted by Gasteiger charge is 2.10. The van der Waals surface area contributed by atoms with E-state index in [0.717, 1.165) is 0 Å². The number of amides is 3. The van der Waals surface area contributed by atoms with Gasteiger partial charge in [0, 0.05) is 32.1 Å². The second-order valence-electron chi connectivity index (χ2n) is 5.45. The highest BCUT2D eigenvalue weighted by molar-refractivity contribution is 5.94. The average molecular weight is 362 g/mol. The number of rotatable bonds is 7. The van der Waals surface area contributed by atoms with Crippen LogP contribution >= 0.6 is 0 Å². The minimum Gasteiger partial charge on any atom is -0.495 e. The fourth-order valence-electron chi connectivity index (χ4n) is 2.19. The highest BCUT2D eigenvalue weighted by atomic mass is 16.5. The molecule has 0 aliphatic heterocycles. The Kier molecular flexibility index (Phi) is 6.36. The molecule has 0 unspecified atom stereocenters. The minimum atomic E-state index is -0.413. The molecule has 10 nitrogen and oxygen atoms in total. The molecule has 140 valence electrons. The first-order valence-corrected chi connectivity index (χ1v) is 8.07. The van der Waals surface area contributed by atoms with E-state index in [9.17, 15) is 14.4 Å². The number of aromatic amines is 1. The van der Waals surface area contributed by atoms with Crippen molar-refractivity contribution >= 4 is 23.3 Å². The number of H-pyrrole nitrogens is 1. The predicted octanol–water partition coefficient (Wildman–Crippen LogP) is 0.830. The first-order valence-electron chi connectivity index (χ1n) is 8.07. The minimum absolute atomic E-state index is 0.158. The van der Waals surface area contributed by atoms with Gasteiger partial charge in [0.25, 0.3) is 0 Å². The summed E-state index contributed by atoms with van der Waals surface area (Å²) in [4.78, 5) is 34.9. The molecule has 1 aromatic heterocycles. The molecule has 0 aliphatic rings. The number of nitrogens with one attached hydrogen (secondary N) is 4. The van der Waals surface area contributed by atoms with E-state index < -0.39 is 6.03 Å². The summed E-state index contributed by atoms with van der Waals surface area (Å²) in [5, 5.41) is 14.3. The fraction of sp³-hybridized carbons (Fsp3) is 0.375. The van der Waals surface area contributed by atoms with Gasteiger partial charge in [0.05, 0.1) is 12.8 Å². The number of ether oxygens (including phenoxy) is 1. The number of aromatic nitrogens is 3. The number of benzene rings is 1. The van der Waals surface area contributed by atoms with E-state index in [4.69, 9.17) is 4.74 Å². The van der Waals surface area contributed by atoms with Crippen LogP contribution in [-0.2, 0) is 18.3 Å². The maximum Gasteiger partial charge on any atom is 0.343 e. The van der Waals surface area contributed by atoms with Crippen molar-refractivity contribution in [3.63, 3.8) is 0 Å². The fourth-order valence-corrected chi connectivity index (χ4v) is 2.19. The van der Waals surface area contributed by atoms with Gasteiger partial charge in [-0.05, 0) is 18.2 Å². The largest absolute Gasteiger partial charge is 0.495 e. The Bertz CT molecular complexity index is 842. The lowest BCUT2D eigenvalue weighted by Gasteiger charge is -2.13. The molecule has 2 rings (SSSR count). The number of carbonyl (C=O) groups excluding carboxylic acids is 2. The third kappa shape index (κ3) is 4.85. The number of methoxy groups -OCH3 is 1. The third-order valence-electron chi connectivity index (χ3n) is 3.66. The van der Waals surface area contributed by atoms with Gasteiger partial charge in [0.2, 0.25) is 5.91 Å². The average Bonchev–Trinajstić information content (AvgIpc) is 2.94. The third-order valence-corrected chi connectivity index (χ3v) is 3.66. The van der Waals surface area contributed by atoms with Crippen molar-refractivity contribution < 1.29 is 14.3 Å². The van der Waals surface area contributed by atoms with E-state index >= 15 is 0 Å². The normalized spacial score (nSPS) is 10.3. The summed E-state index contributed by atoms with van der Waals surface area (Å²) in [6, 6.07) is 4.52. The summed E-state index contributed by atoms with van der Waals surface area (Å²) < 4.78 is 6.58. The number of anilines is 2. The molecule has 1 aromatic carbocycles. The maximum atomic E-state index is 12.0. The smallest absolute Gasteiger partial charge is 0.343 e. The summed E-state index contributed by atoms with van der Waals surface area (Å²) in [6.45, 7) is 2.05. The standard InChI is InChI=1S/C16H22N6O4/c1-4-14(23)19-11-9-10(5-6-12(11)26-3)18-15(24)17-8-7-13-20-21-16(25)22(13)2/h5-6,9H,4,7-8H2,1-3H3,(H,19,23)(H,21,25)(H2,17,18,24). The molecule has 0 spiro atoms. The first kappa shape index (κ1) is 19.0. The molecular weight excluding hydrogens is 340 g/mol. The van der Waals surface area contributed by atoms with Crippen LogP contribution in [0.5, 0.6) is 5.75 Å². The molecule has 26 heavy (non-hydrogen) atoms. The van der Waals surface area contributed by atoms with Crippen LogP contribution in [0.2, 0.25) is 0 Å². The second-order valence-corrected chi connectivity index (χ2v) is 5.45. The Morgan fingerprint density at radius 1 is 1.31 bits per heavy atom. The van der Waals surface area contributed by atoms with E-state index in [0.29, 0.717) is 42.3 Å². The van der Waals surface area contributed by atoms with Crippen LogP contribution in [0.1, 0.15) is 19.2 Å². The van der Waals surface area contributed by atoms with E-state index in [-0.39, 0.29) is 11.6 Å². The van der Waals surface area contributed by atoms with Crippen LogP contribution in [0.25, 0.3) is 0 Å². The first-order chi connectivity index (χ1) is 12.4. The molecule has 0 atom stereocenters. The van der Waals surface area contributed by atoms with Crippen LogP contribution in [0.3, 0.4) is 0 Å². The summed E-state index contributed by atoms with van der Waals surface area (Å²) in [5.74, 6) is 0.885. The van der Waals surface area contributed by atoms with Crippen molar-refractivity contribution in [2.45, 2.75) is 19.8 Å². The van der Waals surface area contributed by atoms with Crippen molar-refractivity contribution in [3.05, 3.63) is 34.5 Å². The van der Waals surface area contributed by atoms with Gasteiger partial charge >= 0.3 is 11.7 Å². The van der Waals surface area contributed by atoms with E-state index in [2.05, 4.69) is 26.1 Å². The quantitative estimate of drug-likeness (QED) is 0.579. The molecule has 1 heterocycles. The summed E-state index contributed by atoms with van der Waals surface area (Å²) >= 11 is 0. The molecule has 0 bridgehead atoms. The number of hydrogen-bond donors (Lipinski definition) is 4. The Morgan fingerprint density at radius 3 is 2.69 bits per heavy atom. The van der Waals surface area contributed by atoms with Gasteiger partial charge in [-0.25, -0.2) is 14.7 Å². The lowest BCUT2D eigenvalue weighted by atomic mass is 10.2. The zero-order chi connectivity index (χ0) is 19.1. The van der Waals surface area contributed by atoms with Gasteiger partial charge in [0.15, 0.2) is 0 Å². The van der Waals surface area contributed by atoms with E-state index in [1.807, 2.05) is 0 Å². The highest BCUT2D eigenvalue weighted by Crippen LogP contribution is 2.27. The zero-order valence-corrected chi connectivity index (χ0v) is 14.9. The van der Waals surface area contributed by atoms with Crippen LogP contribution in [0.15, 0.2) is 23.0 Å². The molecule has 0 saturated heterocycles. The van der Waals surface area contributed by atoms with Crippen LogP contribution < -0.4 is 26.4 Å². The Labute approximate surface area is 149 Å². The molecule has 10 heteroatoms. The van der Waals surface area contributed by atoms with Gasteiger partial charge in [0.1, 0.15) is 11.6 Å². The lowest BCUT2D eigenvalue weighted by molar-refractivity contribution is -0.115. The SMILES string of the molecule is CCC(=O)Nc1cc(NC(=O)NCCc2n[nH]c(=O)n2C)ccc1OC. The molecule has 0 fully saturated rings. The van der Waals surface area contributed by atoms with Gasteiger partial charge in [-0.2, -0.15) is 5.10 Å². The summed E-state index contributed by atoms with van der Waals surface area (Å²) in [5.41, 5.74) is 0.676. The topological polar surface area (TPSA) is 130 Å². The van der Waals surface area contributed by atoms with Gasteiger partial charge in [-0.3, -0.25) is 9.36 Å². The van der Waals surface area contributed by atoms with Crippen LogP contribution in [0.4, 0.5) is 16.2 Å². The number of carbonyl (C=O) groups is 2. The monoisotopic (exact) mass is 362 g/mol. The number of nitrogens with zero attached hydrogens (tertiary/aromatic N) is 2. The molecule has 0 saturated carbocycles. The molecule has 4 N–H and O–H groups in total. The summed E-state index contributed by atoms with van der Waals surface area (Å²) in [7, 11) is 3.10. The number of urea groups is 1. The van der Waals surface area contributed by atoms with Gasteiger partial charge in [-0.15, -0.1) is 0 Å². The summed E-state index contributed by atoms with van der Waals surface area (Å²) in [6.07, 6.45) is 0.736. The molecular formula is C16H22N6O4. The Morgan fingerprint density at radius 2 is 2.08 bits per heavy atom. The zero-order valence-electron chi connectivity index (χ0n) is 14.9. The lowest BCUT2D eigenvalue weighted by Crippen LogP contribution is -2.31. The van der Waals surface area contributed by atoms with Gasteiger partial charge < -0.3 is 20.7 Å². The molecule has 3 amide bonds. The predicted molar refractivity (Wildman–Crippen MR) is 96.5 cm³/mol.